The Morgan fingerprint density at radius 2 is 1.71 bits per heavy atom. The molecule has 2 aromatic carbocycles. The quantitative estimate of drug-likeness (QED) is 0.407. The topological polar surface area (TPSA) is 100 Å². The van der Waals surface area contributed by atoms with Crippen LogP contribution in [0.15, 0.2) is 54.6 Å². The molecule has 3 N–H and O–H groups in total. The van der Waals surface area contributed by atoms with Crippen LogP contribution in [0.5, 0.6) is 5.75 Å². The first kappa shape index (κ1) is 19.2. The number of aromatic nitrogens is 1. The minimum atomic E-state index is -0.448. The van der Waals surface area contributed by atoms with Gasteiger partial charge in [0.25, 0.3) is 0 Å². The van der Waals surface area contributed by atoms with Gasteiger partial charge in [0, 0.05) is 18.3 Å². The molecule has 0 amide bonds. The Bertz CT molecular complexity index is 967. The third-order valence-corrected chi connectivity index (χ3v) is 4.21. The summed E-state index contributed by atoms with van der Waals surface area (Å²) in [6.45, 7) is 4.50. The van der Waals surface area contributed by atoms with Crippen molar-refractivity contribution in [3.8, 4) is 5.75 Å². The third-order valence-electron chi connectivity index (χ3n) is 4.21. The lowest BCUT2D eigenvalue weighted by Gasteiger charge is -2.11. The van der Waals surface area contributed by atoms with E-state index in [0.717, 1.165) is 22.4 Å². The van der Waals surface area contributed by atoms with Crippen molar-refractivity contribution in [2.45, 2.75) is 20.3 Å². The number of nitrogens with zero attached hydrogens (tertiary/aromatic N) is 2. The largest absolute Gasteiger partial charge is 0.508 e. The van der Waals surface area contributed by atoms with Crippen molar-refractivity contribution in [3.63, 3.8) is 0 Å². The zero-order valence-corrected chi connectivity index (χ0v) is 15.8. The summed E-state index contributed by atoms with van der Waals surface area (Å²) in [7, 11) is 0. The predicted octanol–water partition coefficient (Wildman–Crippen LogP) is 4.71. The summed E-state index contributed by atoms with van der Waals surface area (Å²) < 4.78 is 0. The number of aryl methyl sites for hydroxylation is 2. The first-order valence-corrected chi connectivity index (χ1v) is 8.93. The maximum atomic E-state index is 11.3. The molecule has 28 heavy (non-hydrogen) atoms. The van der Waals surface area contributed by atoms with Crippen LogP contribution in [0.2, 0.25) is 0 Å². The lowest BCUT2D eigenvalue weighted by Crippen LogP contribution is -2.09. The summed E-state index contributed by atoms with van der Waals surface area (Å²) in [6.07, 6.45) is 0.647. The van der Waals surface area contributed by atoms with Crippen molar-refractivity contribution in [1.29, 1.82) is 0 Å². The van der Waals surface area contributed by atoms with E-state index in [1.807, 2.05) is 38.1 Å². The van der Waals surface area contributed by atoms with E-state index in [1.54, 1.807) is 18.2 Å². The Kier molecular flexibility index (Phi) is 5.74. The van der Waals surface area contributed by atoms with Gasteiger partial charge in [-0.1, -0.05) is 18.2 Å². The third kappa shape index (κ3) is 4.97. The number of benzene rings is 2. The number of hydrogen-bond acceptors (Lipinski definition) is 6. The van der Waals surface area contributed by atoms with Gasteiger partial charge < -0.3 is 15.7 Å². The molecule has 0 radical (unpaired) electrons. The summed E-state index contributed by atoms with van der Waals surface area (Å²) in [5.41, 5.74) is 4.07. The predicted molar refractivity (Wildman–Crippen MR) is 110 cm³/mol. The van der Waals surface area contributed by atoms with Gasteiger partial charge in [-0.05, 0) is 67.3 Å². The van der Waals surface area contributed by atoms with Crippen LogP contribution in [0.1, 0.15) is 16.7 Å². The molecule has 7 nitrogen and oxygen atoms in total. The smallest absolute Gasteiger partial charge is 0.311 e. The number of pyridine rings is 1. The highest BCUT2D eigenvalue weighted by molar-refractivity contribution is 5.65. The molecule has 144 valence electrons. The van der Waals surface area contributed by atoms with E-state index >= 15 is 0 Å². The van der Waals surface area contributed by atoms with E-state index in [-0.39, 0.29) is 17.3 Å². The number of anilines is 3. The highest BCUT2D eigenvalue weighted by Crippen LogP contribution is 2.26. The number of nitrogens with one attached hydrogen (secondary N) is 2. The first-order valence-electron chi connectivity index (χ1n) is 8.93. The minimum absolute atomic E-state index is 0.0725. The van der Waals surface area contributed by atoms with Gasteiger partial charge in [-0.2, -0.15) is 0 Å². The van der Waals surface area contributed by atoms with Crippen molar-refractivity contribution >= 4 is 23.0 Å². The standard InChI is InChI=1S/C21H22N4O3/c1-14-11-15(2)13-17(12-14)23-20-8-7-19(25(27)28)21(24-20)22-10-9-16-3-5-18(26)6-4-16/h3-8,11-13,26H,9-10H2,1-2H3,(H2,22,23,24). The van der Waals surface area contributed by atoms with Gasteiger partial charge in [0.05, 0.1) is 4.92 Å². The lowest BCUT2D eigenvalue weighted by molar-refractivity contribution is -0.384. The average Bonchev–Trinajstić information content (AvgIpc) is 2.62. The van der Waals surface area contributed by atoms with E-state index in [9.17, 15) is 15.2 Å². The summed E-state index contributed by atoms with van der Waals surface area (Å²) in [6, 6.07) is 16.0. The number of phenols is 1. The molecule has 0 aliphatic carbocycles. The van der Waals surface area contributed by atoms with Crippen molar-refractivity contribution in [2.75, 3.05) is 17.2 Å². The molecule has 3 rings (SSSR count). The number of hydrogen-bond donors (Lipinski definition) is 3. The highest BCUT2D eigenvalue weighted by atomic mass is 16.6. The van der Waals surface area contributed by atoms with E-state index in [2.05, 4.69) is 21.7 Å². The van der Waals surface area contributed by atoms with Crippen LogP contribution in [-0.2, 0) is 6.42 Å². The first-order chi connectivity index (χ1) is 13.4. The summed E-state index contributed by atoms with van der Waals surface area (Å²) >= 11 is 0. The Balaban J connectivity index is 1.75. The molecular weight excluding hydrogens is 356 g/mol. The molecule has 0 spiro atoms. The monoisotopic (exact) mass is 378 g/mol. The molecular formula is C21H22N4O3. The van der Waals surface area contributed by atoms with Gasteiger partial charge in [0.1, 0.15) is 11.6 Å². The zero-order chi connectivity index (χ0) is 20.1. The summed E-state index contributed by atoms with van der Waals surface area (Å²) in [5, 5.41) is 26.9. The summed E-state index contributed by atoms with van der Waals surface area (Å²) in [5.74, 6) is 0.958. The lowest BCUT2D eigenvalue weighted by atomic mass is 10.1. The molecule has 0 unspecified atom stereocenters. The fourth-order valence-electron chi connectivity index (χ4n) is 2.98. The Morgan fingerprint density at radius 1 is 1.04 bits per heavy atom. The number of nitro groups is 1. The van der Waals surface area contributed by atoms with Gasteiger partial charge in [-0.15, -0.1) is 0 Å². The van der Waals surface area contributed by atoms with Gasteiger partial charge in [-0.3, -0.25) is 10.1 Å². The minimum Gasteiger partial charge on any atom is -0.508 e. The maximum absolute atomic E-state index is 11.3. The molecule has 1 aromatic heterocycles. The van der Waals surface area contributed by atoms with Crippen LogP contribution < -0.4 is 10.6 Å². The van der Waals surface area contributed by atoms with Crippen LogP contribution in [0, 0.1) is 24.0 Å². The van der Waals surface area contributed by atoms with E-state index in [0.29, 0.717) is 18.8 Å². The molecule has 0 saturated carbocycles. The second kappa shape index (κ2) is 8.39. The van der Waals surface area contributed by atoms with Crippen LogP contribution in [0.4, 0.5) is 23.0 Å². The fourth-order valence-corrected chi connectivity index (χ4v) is 2.98. The molecule has 0 aliphatic heterocycles. The van der Waals surface area contributed by atoms with Crippen LogP contribution in [0.3, 0.4) is 0 Å². The van der Waals surface area contributed by atoms with Crippen LogP contribution >= 0.6 is 0 Å². The van der Waals surface area contributed by atoms with Crippen LogP contribution in [-0.4, -0.2) is 21.6 Å². The molecule has 0 aliphatic rings. The average molecular weight is 378 g/mol. The van der Waals surface area contributed by atoms with Crippen molar-refractivity contribution < 1.29 is 10.0 Å². The van der Waals surface area contributed by atoms with Crippen molar-refractivity contribution in [2.24, 2.45) is 0 Å². The Hall–Kier alpha value is -3.61. The van der Waals surface area contributed by atoms with Crippen LogP contribution in [0.25, 0.3) is 0 Å². The van der Waals surface area contributed by atoms with E-state index < -0.39 is 4.92 Å². The number of phenolic OH excluding ortho intramolecular Hbond substituents is 1. The summed E-state index contributed by atoms with van der Waals surface area (Å²) in [4.78, 5) is 15.3. The fraction of sp³-hybridized carbons (Fsp3) is 0.190. The molecule has 0 bridgehead atoms. The highest BCUT2D eigenvalue weighted by Gasteiger charge is 2.16. The second-order valence-corrected chi connectivity index (χ2v) is 6.67. The van der Waals surface area contributed by atoms with Gasteiger partial charge in [0.15, 0.2) is 0 Å². The molecule has 1 heterocycles. The van der Waals surface area contributed by atoms with E-state index in [1.165, 1.54) is 6.07 Å². The molecule has 0 atom stereocenters. The Labute approximate surface area is 163 Å². The zero-order valence-electron chi connectivity index (χ0n) is 15.8. The molecule has 7 heteroatoms. The number of aromatic hydroxyl groups is 1. The van der Waals surface area contributed by atoms with Gasteiger partial charge >= 0.3 is 5.69 Å². The van der Waals surface area contributed by atoms with Crippen molar-refractivity contribution in [3.05, 3.63) is 81.4 Å². The Morgan fingerprint density at radius 3 is 2.36 bits per heavy atom. The molecule has 0 fully saturated rings. The number of rotatable bonds is 7. The molecule has 0 saturated heterocycles. The van der Waals surface area contributed by atoms with Crippen molar-refractivity contribution in [1.82, 2.24) is 4.98 Å². The van der Waals surface area contributed by atoms with Gasteiger partial charge in [0.2, 0.25) is 5.82 Å². The second-order valence-electron chi connectivity index (χ2n) is 6.67. The maximum Gasteiger partial charge on any atom is 0.311 e. The normalized spacial score (nSPS) is 10.5. The van der Waals surface area contributed by atoms with E-state index in [4.69, 9.17) is 0 Å². The van der Waals surface area contributed by atoms with Gasteiger partial charge in [-0.25, -0.2) is 4.98 Å². The SMILES string of the molecule is Cc1cc(C)cc(Nc2ccc([N+](=O)[O-])c(NCCc3ccc(O)cc3)n2)c1. The molecule has 3 aromatic rings.